The maximum Gasteiger partial charge on any atom is 0.337 e. The average molecular weight is 335 g/mol. The van der Waals surface area contributed by atoms with E-state index in [9.17, 15) is 18.0 Å². The third-order valence-electron chi connectivity index (χ3n) is 2.48. The lowest BCUT2D eigenvalue weighted by atomic mass is 10.2. The van der Waals surface area contributed by atoms with Crippen molar-refractivity contribution >= 4 is 33.5 Å². The molecule has 0 radical (unpaired) electrons. The Bertz CT molecular complexity index is 645. The molecular formula is C12H15ClN2O5S. The first-order valence-corrected chi connectivity index (χ1v) is 7.93. The number of rotatable bonds is 7. The molecule has 0 bridgehead atoms. The van der Waals surface area contributed by atoms with Gasteiger partial charge in [0, 0.05) is 6.54 Å². The number of aromatic carboxylic acids is 1. The first-order chi connectivity index (χ1) is 9.77. The van der Waals surface area contributed by atoms with E-state index in [-0.39, 0.29) is 15.5 Å². The van der Waals surface area contributed by atoms with Crippen molar-refractivity contribution in [1.82, 2.24) is 10.0 Å². The highest BCUT2D eigenvalue weighted by Crippen LogP contribution is 2.20. The van der Waals surface area contributed by atoms with Crippen molar-refractivity contribution in [1.29, 1.82) is 0 Å². The van der Waals surface area contributed by atoms with Crippen LogP contribution in [0.25, 0.3) is 0 Å². The van der Waals surface area contributed by atoms with E-state index in [1.54, 1.807) is 0 Å². The van der Waals surface area contributed by atoms with Crippen molar-refractivity contribution in [3.05, 3.63) is 28.8 Å². The smallest absolute Gasteiger partial charge is 0.337 e. The third kappa shape index (κ3) is 5.00. The lowest BCUT2D eigenvalue weighted by Gasteiger charge is -2.08. The average Bonchev–Trinajstić information content (AvgIpc) is 2.42. The number of nitrogens with one attached hydrogen (secondary N) is 2. The molecule has 116 valence electrons. The Labute approximate surface area is 127 Å². The second-order valence-electron chi connectivity index (χ2n) is 4.12. The number of carbonyl (C=O) groups is 2. The predicted molar refractivity (Wildman–Crippen MR) is 76.9 cm³/mol. The van der Waals surface area contributed by atoms with Crippen LogP contribution in [0.4, 0.5) is 0 Å². The second-order valence-corrected chi connectivity index (χ2v) is 6.30. The van der Waals surface area contributed by atoms with Crippen LogP contribution in [0.3, 0.4) is 0 Å². The highest BCUT2D eigenvalue weighted by atomic mass is 35.5. The van der Waals surface area contributed by atoms with Crippen molar-refractivity contribution in [2.24, 2.45) is 0 Å². The summed E-state index contributed by atoms with van der Waals surface area (Å²) < 4.78 is 26.0. The van der Waals surface area contributed by atoms with Gasteiger partial charge < -0.3 is 10.4 Å². The van der Waals surface area contributed by atoms with E-state index in [0.29, 0.717) is 6.54 Å². The molecule has 0 heterocycles. The Morgan fingerprint density at radius 2 is 2.00 bits per heavy atom. The van der Waals surface area contributed by atoms with Crippen molar-refractivity contribution in [2.75, 3.05) is 13.1 Å². The van der Waals surface area contributed by atoms with Crippen molar-refractivity contribution in [3.8, 4) is 0 Å². The van der Waals surface area contributed by atoms with Crippen LogP contribution in [-0.4, -0.2) is 38.5 Å². The molecule has 3 N–H and O–H groups in total. The van der Waals surface area contributed by atoms with Gasteiger partial charge in [0.1, 0.15) is 0 Å². The molecule has 9 heteroatoms. The van der Waals surface area contributed by atoms with Crippen LogP contribution in [0.15, 0.2) is 23.1 Å². The number of carboxylic acids is 1. The van der Waals surface area contributed by atoms with Crippen LogP contribution >= 0.6 is 11.6 Å². The quantitative estimate of drug-likeness (QED) is 0.684. The minimum absolute atomic E-state index is 0.194. The van der Waals surface area contributed by atoms with Crippen molar-refractivity contribution < 1.29 is 23.1 Å². The minimum Gasteiger partial charge on any atom is -0.478 e. The molecule has 0 aliphatic carbocycles. The molecule has 0 atom stereocenters. The lowest BCUT2D eigenvalue weighted by molar-refractivity contribution is -0.119. The lowest BCUT2D eigenvalue weighted by Crippen LogP contribution is -2.37. The van der Waals surface area contributed by atoms with Gasteiger partial charge in [-0.2, -0.15) is 0 Å². The Morgan fingerprint density at radius 3 is 2.52 bits per heavy atom. The zero-order valence-electron chi connectivity index (χ0n) is 11.2. The Balaban J connectivity index is 2.81. The Hall–Kier alpha value is -1.64. The summed E-state index contributed by atoms with van der Waals surface area (Å²) in [6.45, 7) is 1.93. The SMILES string of the molecule is CCCNC(=O)CNS(=O)(=O)c1ccc(C(=O)O)c(Cl)c1. The van der Waals surface area contributed by atoms with Gasteiger partial charge in [-0.05, 0) is 24.6 Å². The molecule has 0 saturated carbocycles. The van der Waals surface area contributed by atoms with E-state index in [1.165, 1.54) is 0 Å². The van der Waals surface area contributed by atoms with Crippen LogP contribution < -0.4 is 10.0 Å². The Morgan fingerprint density at radius 1 is 1.33 bits per heavy atom. The molecular weight excluding hydrogens is 320 g/mol. The summed E-state index contributed by atoms with van der Waals surface area (Å²) in [5.74, 6) is -1.70. The maximum absolute atomic E-state index is 11.9. The van der Waals surface area contributed by atoms with Crippen LogP contribution in [0.1, 0.15) is 23.7 Å². The van der Waals surface area contributed by atoms with Gasteiger partial charge in [-0.25, -0.2) is 17.9 Å². The van der Waals surface area contributed by atoms with Crippen LogP contribution in [0.2, 0.25) is 5.02 Å². The molecule has 7 nitrogen and oxygen atoms in total. The highest BCUT2D eigenvalue weighted by Gasteiger charge is 2.18. The molecule has 0 aliphatic rings. The third-order valence-corrected chi connectivity index (χ3v) is 4.19. The summed E-state index contributed by atoms with van der Waals surface area (Å²) in [5.41, 5.74) is -0.198. The van der Waals surface area contributed by atoms with Crippen molar-refractivity contribution in [3.63, 3.8) is 0 Å². The molecule has 21 heavy (non-hydrogen) atoms. The fraction of sp³-hybridized carbons (Fsp3) is 0.333. The number of hydrogen-bond donors (Lipinski definition) is 3. The summed E-state index contributed by atoms with van der Waals surface area (Å²) in [6.07, 6.45) is 0.741. The number of amides is 1. The monoisotopic (exact) mass is 334 g/mol. The highest BCUT2D eigenvalue weighted by molar-refractivity contribution is 7.89. The molecule has 0 unspecified atom stereocenters. The van der Waals surface area contributed by atoms with Gasteiger partial charge in [0.15, 0.2) is 0 Å². The molecule has 1 aromatic carbocycles. The molecule has 0 fully saturated rings. The molecule has 1 aromatic rings. The van der Waals surface area contributed by atoms with E-state index in [4.69, 9.17) is 16.7 Å². The topological polar surface area (TPSA) is 113 Å². The number of sulfonamides is 1. The number of benzene rings is 1. The summed E-state index contributed by atoms with van der Waals surface area (Å²) in [7, 11) is -3.93. The molecule has 0 aliphatic heterocycles. The fourth-order valence-corrected chi connectivity index (χ4v) is 2.74. The molecule has 1 amide bonds. The van der Waals surface area contributed by atoms with E-state index in [0.717, 1.165) is 24.6 Å². The standard InChI is InChI=1S/C12H15ClN2O5S/c1-2-5-14-11(16)7-15-21(19,20)8-3-4-9(12(17)18)10(13)6-8/h3-4,6,15H,2,5,7H2,1H3,(H,14,16)(H,17,18). The van der Waals surface area contributed by atoms with E-state index < -0.39 is 28.4 Å². The first kappa shape index (κ1) is 17.4. The zero-order chi connectivity index (χ0) is 16.0. The van der Waals surface area contributed by atoms with Crippen molar-refractivity contribution in [2.45, 2.75) is 18.2 Å². The van der Waals surface area contributed by atoms with Crippen LogP contribution in [-0.2, 0) is 14.8 Å². The number of carboxylic acid groups (broad SMARTS) is 1. The Kier molecular flexibility index (Phi) is 6.13. The van der Waals surface area contributed by atoms with E-state index in [2.05, 4.69) is 10.0 Å². The summed E-state index contributed by atoms with van der Waals surface area (Å²) in [4.78, 5) is 21.9. The van der Waals surface area contributed by atoms with E-state index in [1.807, 2.05) is 6.92 Å². The number of carbonyl (C=O) groups excluding carboxylic acids is 1. The number of halogens is 1. The summed E-state index contributed by atoms with van der Waals surface area (Å²) >= 11 is 5.71. The van der Waals surface area contributed by atoms with Gasteiger partial charge in [0.2, 0.25) is 15.9 Å². The van der Waals surface area contributed by atoms with Gasteiger partial charge >= 0.3 is 5.97 Å². The normalized spacial score (nSPS) is 11.1. The maximum atomic E-state index is 11.9. The van der Waals surface area contributed by atoms with Gasteiger partial charge in [-0.15, -0.1) is 0 Å². The summed E-state index contributed by atoms with van der Waals surface area (Å²) in [5, 5.41) is 11.1. The molecule has 0 saturated heterocycles. The zero-order valence-corrected chi connectivity index (χ0v) is 12.8. The minimum atomic E-state index is -3.93. The summed E-state index contributed by atoms with van der Waals surface area (Å²) in [6, 6.07) is 3.23. The predicted octanol–water partition coefficient (Wildman–Crippen LogP) is 0.843. The molecule has 1 rings (SSSR count). The van der Waals surface area contributed by atoms with Gasteiger partial charge in [0.25, 0.3) is 0 Å². The fourth-order valence-electron chi connectivity index (χ4n) is 1.41. The second kappa shape index (κ2) is 7.39. The first-order valence-electron chi connectivity index (χ1n) is 6.07. The molecule has 0 spiro atoms. The van der Waals surface area contributed by atoms with E-state index >= 15 is 0 Å². The van der Waals surface area contributed by atoms with Crippen LogP contribution in [0, 0.1) is 0 Å². The van der Waals surface area contributed by atoms with Gasteiger partial charge in [-0.1, -0.05) is 18.5 Å². The number of hydrogen-bond acceptors (Lipinski definition) is 4. The van der Waals surface area contributed by atoms with Crippen LogP contribution in [0.5, 0.6) is 0 Å². The van der Waals surface area contributed by atoms with Gasteiger partial charge in [-0.3, -0.25) is 4.79 Å². The molecule has 0 aromatic heterocycles. The largest absolute Gasteiger partial charge is 0.478 e. The van der Waals surface area contributed by atoms with Gasteiger partial charge in [0.05, 0.1) is 22.0 Å².